The summed E-state index contributed by atoms with van der Waals surface area (Å²) < 4.78 is 5.50. The van der Waals surface area contributed by atoms with Gasteiger partial charge in [0.25, 0.3) is 0 Å². The van der Waals surface area contributed by atoms with Crippen molar-refractivity contribution in [3.63, 3.8) is 0 Å². The van der Waals surface area contributed by atoms with Crippen LogP contribution in [0.5, 0.6) is 0 Å². The Morgan fingerprint density at radius 1 is 0.905 bits per heavy atom. The number of hydrogen-bond donors (Lipinski definition) is 3. The fraction of sp³-hybridized carbons (Fsp3) is 0.645. The van der Waals surface area contributed by atoms with Crippen LogP contribution in [0, 0.1) is 5.92 Å². The van der Waals surface area contributed by atoms with Gasteiger partial charge in [-0.05, 0) is 84.8 Å². The molecule has 42 heavy (non-hydrogen) atoms. The summed E-state index contributed by atoms with van der Waals surface area (Å²) >= 11 is 0. The molecular weight excluding hydrogens is 538 g/mol. The molecule has 2 saturated heterocycles. The topological polar surface area (TPSA) is 137 Å². The van der Waals surface area contributed by atoms with Gasteiger partial charge in [-0.1, -0.05) is 32.0 Å². The molecule has 0 aromatic heterocycles. The fourth-order valence-corrected chi connectivity index (χ4v) is 5.30. The quantitative estimate of drug-likeness (QED) is 0.406. The minimum absolute atomic E-state index is 0.128. The molecule has 2 aliphatic heterocycles. The summed E-state index contributed by atoms with van der Waals surface area (Å²) in [6.07, 6.45) is 2.12. The number of benzene rings is 1. The Morgan fingerprint density at radius 2 is 1.50 bits per heavy atom. The molecule has 0 radical (unpaired) electrons. The highest BCUT2D eigenvalue weighted by molar-refractivity contribution is 6.00. The number of amides is 5. The molecule has 11 nitrogen and oxygen atoms in total. The third-order valence-electron chi connectivity index (χ3n) is 7.38. The van der Waals surface area contributed by atoms with E-state index in [1.54, 1.807) is 46.8 Å². The maximum absolute atomic E-state index is 13.6. The molecule has 1 aromatic rings. The number of hydrogen-bond acceptors (Lipinski definition) is 6. The van der Waals surface area contributed by atoms with Crippen LogP contribution in [-0.4, -0.2) is 81.9 Å². The maximum Gasteiger partial charge on any atom is 0.410 e. The van der Waals surface area contributed by atoms with Crippen molar-refractivity contribution in [2.24, 2.45) is 5.92 Å². The van der Waals surface area contributed by atoms with E-state index >= 15 is 0 Å². The van der Waals surface area contributed by atoms with Gasteiger partial charge in [-0.3, -0.25) is 24.1 Å². The van der Waals surface area contributed by atoms with Crippen molar-refractivity contribution in [3.8, 4) is 0 Å². The molecule has 3 N–H and O–H groups in total. The minimum Gasteiger partial charge on any atom is -0.444 e. The van der Waals surface area contributed by atoms with Gasteiger partial charge >= 0.3 is 6.09 Å². The Kier molecular flexibility index (Phi) is 10.6. The summed E-state index contributed by atoms with van der Waals surface area (Å²) in [4.78, 5) is 69.2. The van der Waals surface area contributed by atoms with E-state index in [0.717, 1.165) is 0 Å². The monoisotopic (exact) mass is 585 g/mol. The van der Waals surface area contributed by atoms with Crippen molar-refractivity contribution in [2.75, 3.05) is 18.4 Å². The summed E-state index contributed by atoms with van der Waals surface area (Å²) in [5.74, 6) is -1.45. The Bertz CT molecular complexity index is 1150. The number of anilines is 1. The number of likely N-dealkylation sites (tertiary alicyclic amines) is 2. The van der Waals surface area contributed by atoms with E-state index in [0.29, 0.717) is 50.9 Å². The first-order valence-corrected chi connectivity index (χ1v) is 14.9. The standard InChI is InChI=1S/C31H47N5O6/c1-20(2)19-22(25(37)32-21-13-9-8-10-14-21)33-28(40)31(6,7)34-26(38)23-15-11-17-35(23)27(39)24-16-12-18-36(24)29(41)42-30(3,4)5/h8-10,13-14,20,22-24H,11-12,15-19H2,1-7H3,(H,32,37)(H,33,40)(H,34,38). The lowest BCUT2D eigenvalue weighted by molar-refractivity contribution is -0.143. The van der Waals surface area contributed by atoms with Gasteiger partial charge in [0.2, 0.25) is 23.6 Å². The fourth-order valence-electron chi connectivity index (χ4n) is 5.30. The van der Waals surface area contributed by atoms with Crippen LogP contribution in [0.1, 0.15) is 80.6 Å². The van der Waals surface area contributed by atoms with Gasteiger partial charge in [-0.15, -0.1) is 0 Å². The second-order valence-electron chi connectivity index (χ2n) is 13.1. The van der Waals surface area contributed by atoms with Crippen molar-refractivity contribution in [3.05, 3.63) is 30.3 Å². The molecule has 2 heterocycles. The third-order valence-corrected chi connectivity index (χ3v) is 7.38. The second kappa shape index (κ2) is 13.6. The number of nitrogens with zero attached hydrogens (tertiary/aromatic N) is 2. The summed E-state index contributed by atoms with van der Waals surface area (Å²) in [6, 6.07) is 6.74. The Morgan fingerprint density at radius 3 is 2.10 bits per heavy atom. The summed E-state index contributed by atoms with van der Waals surface area (Å²) in [7, 11) is 0. The van der Waals surface area contributed by atoms with E-state index < -0.39 is 47.2 Å². The molecule has 3 unspecified atom stereocenters. The van der Waals surface area contributed by atoms with Crippen molar-refractivity contribution in [1.29, 1.82) is 0 Å². The predicted octanol–water partition coefficient (Wildman–Crippen LogP) is 3.44. The molecule has 2 aliphatic rings. The number of nitrogens with one attached hydrogen (secondary N) is 3. The predicted molar refractivity (Wildman–Crippen MR) is 159 cm³/mol. The van der Waals surface area contributed by atoms with Crippen LogP contribution in [0.25, 0.3) is 0 Å². The zero-order chi connectivity index (χ0) is 31.2. The largest absolute Gasteiger partial charge is 0.444 e. The molecule has 0 bridgehead atoms. The molecule has 11 heteroatoms. The van der Waals surface area contributed by atoms with E-state index in [1.807, 2.05) is 32.0 Å². The second-order valence-corrected chi connectivity index (χ2v) is 13.1. The van der Waals surface area contributed by atoms with Crippen LogP contribution in [-0.2, 0) is 23.9 Å². The number of para-hydroxylation sites is 1. The first-order chi connectivity index (χ1) is 19.6. The van der Waals surface area contributed by atoms with E-state index in [1.165, 1.54) is 9.80 Å². The third kappa shape index (κ3) is 8.69. The van der Waals surface area contributed by atoms with E-state index in [4.69, 9.17) is 4.74 Å². The minimum atomic E-state index is -1.35. The average molecular weight is 586 g/mol. The van der Waals surface area contributed by atoms with Crippen LogP contribution in [0.4, 0.5) is 10.5 Å². The van der Waals surface area contributed by atoms with Crippen LogP contribution in [0.3, 0.4) is 0 Å². The van der Waals surface area contributed by atoms with Crippen molar-refractivity contribution in [2.45, 2.75) is 110 Å². The van der Waals surface area contributed by atoms with Crippen LogP contribution < -0.4 is 16.0 Å². The smallest absolute Gasteiger partial charge is 0.410 e. The Labute approximate surface area is 249 Å². The van der Waals surface area contributed by atoms with Gasteiger partial charge < -0.3 is 25.6 Å². The van der Waals surface area contributed by atoms with E-state index in [2.05, 4.69) is 16.0 Å². The zero-order valence-corrected chi connectivity index (χ0v) is 26.0. The highest BCUT2D eigenvalue weighted by Crippen LogP contribution is 2.27. The normalized spacial score (nSPS) is 19.8. The molecule has 1 aromatic carbocycles. The number of carbonyl (C=O) groups is 5. The lowest BCUT2D eigenvalue weighted by Crippen LogP contribution is -2.61. The highest BCUT2D eigenvalue weighted by Gasteiger charge is 2.44. The number of ether oxygens (including phenoxy) is 1. The van der Waals surface area contributed by atoms with Gasteiger partial charge in [0, 0.05) is 18.8 Å². The van der Waals surface area contributed by atoms with Crippen LogP contribution in [0.15, 0.2) is 30.3 Å². The van der Waals surface area contributed by atoms with Crippen molar-refractivity contribution < 1.29 is 28.7 Å². The maximum atomic E-state index is 13.6. The summed E-state index contributed by atoms with van der Waals surface area (Å²) in [6.45, 7) is 13.2. The van der Waals surface area contributed by atoms with Gasteiger partial charge in [0.05, 0.1) is 0 Å². The molecule has 5 amide bonds. The van der Waals surface area contributed by atoms with Gasteiger partial charge in [-0.25, -0.2) is 4.79 Å². The number of carbonyl (C=O) groups excluding carboxylic acids is 5. The molecular formula is C31H47N5O6. The molecule has 3 atom stereocenters. The molecule has 232 valence electrons. The lowest BCUT2D eigenvalue weighted by atomic mass is 9.99. The summed E-state index contributed by atoms with van der Waals surface area (Å²) in [5.41, 5.74) is -1.42. The van der Waals surface area contributed by atoms with Gasteiger partial charge in [-0.2, -0.15) is 0 Å². The molecule has 0 aliphatic carbocycles. The molecule has 0 spiro atoms. The van der Waals surface area contributed by atoms with Gasteiger partial charge in [0.1, 0.15) is 29.3 Å². The number of rotatable bonds is 9. The highest BCUT2D eigenvalue weighted by atomic mass is 16.6. The van der Waals surface area contributed by atoms with Crippen molar-refractivity contribution in [1.82, 2.24) is 20.4 Å². The van der Waals surface area contributed by atoms with E-state index in [-0.39, 0.29) is 17.7 Å². The molecule has 3 rings (SSSR count). The summed E-state index contributed by atoms with van der Waals surface area (Å²) in [5, 5.41) is 8.46. The lowest BCUT2D eigenvalue weighted by Gasteiger charge is -2.34. The Hall–Kier alpha value is -3.63. The Balaban J connectivity index is 1.66. The van der Waals surface area contributed by atoms with Crippen LogP contribution >= 0.6 is 0 Å². The first kappa shape index (κ1) is 32.9. The SMILES string of the molecule is CC(C)CC(NC(=O)C(C)(C)NC(=O)C1CCCN1C(=O)C1CCCN1C(=O)OC(C)(C)C)C(=O)Nc1ccccc1. The molecule has 2 fully saturated rings. The van der Waals surface area contributed by atoms with E-state index in [9.17, 15) is 24.0 Å². The average Bonchev–Trinajstić information content (AvgIpc) is 3.57. The zero-order valence-electron chi connectivity index (χ0n) is 26.0. The molecule has 0 saturated carbocycles. The van der Waals surface area contributed by atoms with Crippen LogP contribution in [0.2, 0.25) is 0 Å². The first-order valence-electron chi connectivity index (χ1n) is 14.9. The van der Waals surface area contributed by atoms with Gasteiger partial charge in [0.15, 0.2) is 0 Å². The van der Waals surface area contributed by atoms with Crippen molar-refractivity contribution >= 4 is 35.4 Å².